The lowest BCUT2D eigenvalue weighted by atomic mass is 9.71. The minimum Gasteiger partial charge on any atom is -0.593 e. The molecule has 0 radical (unpaired) electrons. The summed E-state index contributed by atoms with van der Waals surface area (Å²) in [6.07, 6.45) is 1.64. The van der Waals surface area contributed by atoms with Crippen molar-refractivity contribution < 1.29 is 18.1 Å². The van der Waals surface area contributed by atoms with Gasteiger partial charge in [0.1, 0.15) is 5.69 Å². The predicted molar refractivity (Wildman–Crippen MR) is 95.1 cm³/mol. The van der Waals surface area contributed by atoms with Crippen LogP contribution in [0.2, 0.25) is 0 Å². The summed E-state index contributed by atoms with van der Waals surface area (Å²) in [6, 6.07) is 7.78. The molecule has 7 nitrogen and oxygen atoms in total. The second-order valence-corrected chi connectivity index (χ2v) is 9.00. The molecule has 1 aromatic carbocycles. The number of hydrogen-bond acceptors (Lipinski definition) is 5. The van der Waals surface area contributed by atoms with Gasteiger partial charge in [-0.25, -0.2) is 0 Å². The molecular weight excluding hydrogens is 354 g/mol. The van der Waals surface area contributed by atoms with Crippen LogP contribution < -0.4 is 5.32 Å². The first kappa shape index (κ1) is 17.4. The first-order valence-corrected chi connectivity index (χ1v) is 10.1. The number of sulfonamides is 1. The van der Waals surface area contributed by atoms with E-state index in [1.165, 1.54) is 4.31 Å². The highest BCUT2D eigenvalue weighted by molar-refractivity contribution is 7.95. The lowest BCUT2D eigenvalue weighted by Crippen LogP contribution is -2.52. The van der Waals surface area contributed by atoms with Crippen molar-refractivity contribution in [3.8, 4) is 0 Å². The first-order chi connectivity index (χ1) is 12.3. The van der Waals surface area contributed by atoms with Gasteiger partial charge in [0.05, 0.1) is 5.41 Å². The van der Waals surface area contributed by atoms with Gasteiger partial charge in [0.2, 0.25) is 10.8 Å². The fraction of sp³-hybridized carbons (Fsp3) is 0.444. The van der Waals surface area contributed by atoms with Crippen LogP contribution in [0.5, 0.6) is 0 Å². The minimum atomic E-state index is -3.67. The second kappa shape index (κ2) is 6.00. The van der Waals surface area contributed by atoms with Crippen LogP contribution in [0.15, 0.2) is 33.7 Å². The number of aryl methyl sites for hydroxylation is 2. The Morgan fingerprint density at radius 3 is 2.62 bits per heavy atom. The van der Waals surface area contributed by atoms with E-state index in [9.17, 15) is 13.6 Å². The van der Waals surface area contributed by atoms with E-state index in [0.717, 1.165) is 11.3 Å². The molecule has 1 atom stereocenters. The predicted octanol–water partition coefficient (Wildman–Crippen LogP) is 2.47. The van der Waals surface area contributed by atoms with Gasteiger partial charge in [-0.15, -0.1) is 4.31 Å². The number of para-hydroxylation sites is 1. The smallest absolute Gasteiger partial charge is 0.240 e. The molecule has 0 saturated carbocycles. The third-order valence-corrected chi connectivity index (χ3v) is 7.67. The maximum atomic E-state index is 13.0. The van der Waals surface area contributed by atoms with Crippen LogP contribution in [0.3, 0.4) is 0 Å². The summed E-state index contributed by atoms with van der Waals surface area (Å²) in [5.41, 5.74) is 1.79. The third kappa shape index (κ3) is 2.60. The minimum absolute atomic E-state index is 0.00872. The lowest BCUT2D eigenvalue weighted by molar-refractivity contribution is -0.128. The molecule has 1 saturated heterocycles. The monoisotopic (exact) mass is 375 g/mol. The number of benzene rings is 1. The quantitative estimate of drug-likeness (QED) is 0.813. The molecule has 1 spiro atoms. The van der Waals surface area contributed by atoms with Gasteiger partial charge in [0, 0.05) is 25.7 Å². The van der Waals surface area contributed by atoms with Gasteiger partial charge < -0.3 is 14.4 Å². The number of hydrogen-bond donors (Lipinski definition) is 1. The summed E-state index contributed by atoms with van der Waals surface area (Å²) >= 11 is 0. The van der Waals surface area contributed by atoms with Crippen LogP contribution >= 0.6 is 0 Å². The average Bonchev–Trinajstić information content (AvgIpc) is 2.95. The van der Waals surface area contributed by atoms with Crippen molar-refractivity contribution in [1.82, 2.24) is 9.46 Å². The van der Waals surface area contributed by atoms with Crippen molar-refractivity contribution in [3.05, 3.63) is 41.3 Å². The zero-order valence-corrected chi connectivity index (χ0v) is 15.6. The van der Waals surface area contributed by atoms with Crippen molar-refractivity contribution in [2.75, 3.05) is 18.4 Å². The van der Waals surface area contributed by atoms with Gasteiger partial charge in [0.25, 0.3) is 0 Å². The summed E-state index contributed by atoms with van der Waals surface area (Å²) in [5, 5.41) is 6.74. The number of aromatic nitrogens is 1. The Morgan fingerprint density at radius 1 is 1.27 bits per heavy atom. The van der Waals surface area contributed by atoms with Gasteiger partial charge >= 0.3 is 0 Å². The summed E-state index contributed by atoms with van der Waals surface area (Å²) in [7, 11) is -3.67. The highest BCUT2D eigenvalue weighted by atomic mass is 32.3. The topological polar surface area (TPSA) is 98.5 Å². The Labute approximate surface area is 153 Å². The molecule has 1 N–H and O–H groups in total. The molecule has 1 unspecified atom stereocenters. The Bertz CT molecular complexity index is 895. The summed E-state index contributed by atoms with van der Waals surface area (Å²) in [4.78, 5) is 12.9. The Kier molecular flexibility index (Phi) is 4.02. The SMILES string of the molecule is Cc1noc(C)c1[S+](=O)([O-])N1CCC2(CC1)Cc1ccccc1NC2=O. The molecule has 8 heteroatoms. The van der Waals surface area contributed by atoms with Gasteiger partial charge in [0.15, 0.2) is 16.2 Å². The molecule has 2 aliphatic heterocycles. The molecule has 3 heterocycles. The Hall–Kier alpha value is -2.03. The van der Waals surface area contributed by atoms with E-state index in [-0.39, 0.29) is 10.8 Å². The maximum absolute atomic E-state index is 13.0. The average molecular weight is 375 g/mol. The van der Waals surface area contributed by atoms with Crippen molar-refractivity contribution in [3.63, 3.8) is 0 Å². The number of anilines is 1. The number of amides is 1. The molecule has 1 fully saturated rings. The molecule has 138 valence electrons. The van der Waals surface area contributed by atoms with E-state index in [2.05, 4.69) is 10.5 Å². The van der Waals surface area contributed by atoms with Crippen LogP contribution in [0.25, 0.3) is 0 Å². The van der Waals surface area contributed by atoms with Gasteiger partial charge in [-0.1, -0.05) is 27.6 Å². The van der Waals surface area contributed by atoms with E-state index in [0.29, 0.717) is 43.8 Å². The van der Waals surface area contributed by atoms with E-state index >= 15 is 0 Å². The molecule has 0 bridgehead atoms. The molecule has 26 heavy (non-hydrogen) atoms. The number of carbonyl (C=O) groups excluding carboxylic acids is 1. The van der Waals surface area contributed by atoms with Crippen molar-refractivity contribution in [2.24, 2.45) is 5.41 Å². The number of nitrogens with one attached hydrogen (secondary N) is 1. The zero-order valence-electron chi connectivity index (χ0n) is 14.8. The van der Waals surface area contributed by atoms with Gasteiger partial charge in [-0.3, -0.25) is 4.79 Å². The standard InChI is InChI=1S/C18H21N3O4S/c1-12-16(13(2)25-20-12)26(23,24)21-9-7-18(8-10-21)11-14-5-3-4-6-15(14)19-17(18)22/h3-6H,7-11H2,1-2H3,(H-,19,22,23,24). The fourth-order valence-corrected chi connectivity index (χ4v) is 5.76. The molecule has 2 aromatic rings. The van der Waals surface area contributed by atoms with Crippen molar-refractivity contribution in [2.45, 2.75) is 38.0 Å². The molecule has 0 aliphatic carbocycles. The molecular formula is C18H21N3O4S. The van der Waals surface area contributed by atoms with Crippen LogP contribution in [0, 0.1) is 19.3 Å². The lowest BCUT2D eigenvalue weighted by Gasteiger charge is -2.43. The highest BCUT2D eigenvalue weighted by Crippen LogP contribution is 2.43. The van der Waals surface area contributed by atoms with Crippen LogP contribution in [0.4, 0.5) is 5.69 Å². The molecule has 4 rings (SSSR count). The highest BCUT2D eigenvalue weighted by Gasteiger charge is 2.48. The molecule has 2 aliphatic rings. The fourth-order valence-electron chi connectivity index (χ4n) is 4.03. The summed E-state index contributed by atoms with van der Waals surface area (Å²) in [5.74, 6) is 0.290. The number of carbonyl (C=O) groups is 1. The largest absolute Gasteiger partial charge is 0.593 e. The molecule has 1 amide bonds. The van der Waals surface area contributed by atoms with Crippen LogP contribution in [-0.2, 0) is 25.8 Å². The zero-order chi connectivity index (χ0) is 18.5. The van der Waals surface area contributed by atoms with E-state index in [1.54, 1.807) is 13.8 Å². The summed E-state index contributed by atoms with van der Waals surface area (Å²) in [6.45, 7) is 3.84. The Morgan fingerprint density at radius 2 is 1.96 bits per heavy atom. The number of fused-ring (bicyclic) bond motifs is 1. The summed E-state index contributed by atoms with van der Waals surface area (Å²) < 4.78 is 32.4. The number of rotatable bonds is 2. The van der Waals surface area contributed by atoms with Gasteiger partial charge in [-0.2, -0.15) is 0 Å². The normalized spacial score (nSPS) is 21.9. The number of piperidine rings is 1. The first-order valence-electron chi connectivity index (χ1n) is 8.66. The Balaban J connectivity index is 1.56. The van der Waals surface area contributed by atoms with Crippen LogP contribution in [0.1, 0.15) is 29.9 Å². The third-order valence-electron chi connectivity index (χ3n) is 5.52. The van der Waals surface area contributed by atoms with E-state index in [1.807, 2.05) is 24.3 Å². The van der Waals surface area contributed by atoms with Crippen molar-refractivity contribution in [1.29, 1.82) is 0 Å². The molecule has 1 aromatic heterocycles. The van der Waals surface area contributed by atoms with Crippen molar-refractivity contribution >= 4 is 22.0 Å². The van der Waals surface area contributed by atoms with Crippen LogP contribution in [-0.4, -0.2) is 33.0 Å². The number of nitrogens with zero attached hydrogens (tertiary/aromatic N) is 2. The maximum Gasteiger partial charge on any atom is 0.240 e. The van der Waals surface area contributed by atoms with E-state index < -0.39 is 15.8 Å². The second-order valence-electron chi connectivity index (χ2n) is 7.13. The van der Waals surface area contributed by atoms with Gasteiger partial charge in [-0.05, 0) is 37.8 Å². The van der Waals surface area contributed by atoms with E-state index in [4.69, 9.17) is 4.52 Å².